The van der Waals surface area contributed by atoms with Crippen molar-refractivity contribution in [1.29, 1.82) is 0 Å². The zero-order chi connectivity index (χ0) is 11.1. The predicted octanol–water partition coefficient (Wildman–Crippen LogP) is 0.626. The first-order chi connectivity index (χ1) is 6.56. The molecule has 0 radical (unpaired) electrons. The molecule has 1 amide bonds. The zero-order valence-electron chi connectivity index (χ0n) is 8.20. The first kappa shape index (κ1) is 12.2. The van der Waals surface area contributed by atoms with Crippen LogP contribution in [-0.2, 0) is 14.3 Å². The lowest BCUT2D eigenvalue weighted by Gasteiger charge is -2.15. The Hall–Kier alpha value is -1.78. The summed E-state index contributed by atoms with van der Waals surface area (Å²) in [6.45, 7) is 6.97. The van der Waals surface area contributed by atoms with Crippen LogP contribution in [0.3, 0.4) is 0 Å². The number of hydrogen-bond acceptors (Lipinski definition) is 4. The molecule has 5 heteroatoms. The third-order valence-electron chi connectivity index (χ3n) is 1.52. The third kappa shape index (κ3) is 3.30. The summed E-state index contributed by atoms with van der Waals surface area (Å²) in [5.74, 6) is -0.625. The fourth-order valence-corrected chi connectivity index (χ4v) is 0.715. The van der Waals surface area contributed by atoms with Crippen LogP contribution >= 0.6 is 0 Å². The van der Waals surface area contributed by atoms with Crippen LogP contribution < -0.4 is 5.32 Å². The second-order valence-electron chi connectivity index (χ2n) is 2.37. The van der Waals surface area contributed by atoms with E-state index in [2.05, 4.69) is 27.9 Å². The average molecular weight is 199 g/mol. The molecule has 1 unspecified atom stereocenters. The molecule has 0 aliphatic rings. The molecule has 0 fully saturated rings. The van der Waals surface area contributed by atoms with Crippen LogP contribution in [0.1, 0.15) is 0 Å². The largest absolute Gasteiger partial charge is 0.467 e. The highest BCUT2D eigenvalue weighted by molar-refractivity contribution is 5.84. The fourth-order valence-electron chi connectivity index (χ4n) is 0.715. The van der Waals surface area contributed by atoms with Gasteiger partial charge in [-0.1, -0.05) is 19.2 Å². The molecule has 0 spiro atoms. The third-order valence-corrected chi connectivity index (χ3v) is 1.52. The number of amides is 1. The van der Waals surface area contributed by atoms with Gasteiger partial charge in [0.1, 0.15) is 0 Å². The summed E-state index contributed by atoms with van der Waals surface area (Å²) in [7, 11) is 2.41. The minimum absolute atomic E-state index is 0.335. The van der Waals surface area contributed by atoms with E-state index in [0.717, 1.165) is 0 Å². The topological polar surface area (TPSA) is 64.6 Å². The van der Waals surface area contributed by atoms with E-state index in [1.807, 2.05) is 0 Å². The van der Waals surface area contributed by atoms with Crippen LogP contribution in [-0.4, -0.2) is 32.3 Å². The summed E-state index contributed by atoms with van der Waals surface area (Å²) in [5, 5.41) is 2.26. The highest BCUT2D eigenvalue weighted by atomic mass is 16.5. The van der Waals surface area contributed by atoms with Gasteiger partial charge in [0.15, 0.2) is 6.04 Å². The molecule has 5 nitrogen and oxygen atoms in total. The SMILES string of the molecule is C=CC(=C)C(NC(=O)OC)C(=O)OC. The van der Waals surface area contributed by atoms with Gasteiger partial charge in [-0.2, -0.15) is 0 Å². The number of hydrogen-bond donors (Lipinski definition) is 1. The lowest BCUT2D eigenvalue weighted by Crippen LogP contribution is -2.42. The van der Waals surface area contributed by atoms with Crippen molar-refractivity contribution in [3.63, 3.8) is 0 Å². The number of carbonyl (C=O) groups excluding carboxylic acids is 2. The van der Waals surface area contributed by atoms with Crippen LogP contribution in [0, 0.1) is 0 Å². The Labute approximate surface area is 82.4 Å². The average Bonchev–Trinajstić information content (AvgIpc) is 2.23. The second-order valence-corrected chi connectivity index (χ2v) is 2.37. The maximum Gasteiger partial charge on any atom is 0.407 e. The lowest BCUT2D eigenvalue weighted by atomic mass is 10.1. The van der Waals surface area contributed by atoms with Crippen LogP contribution in [0.25, 0.3) is 0 Å². The van der Waals surface area contributed by atoms with Crippen molar-refractivity contribution in [2.75, 3.05) is 14.2 Å². The molecule has 0 aromatic heterocycles. The number of alkyl carbamates (subject to hydrolysis) is 1. The van der Waals surface area contributed by atoms with Gasteiger partial charge >= 0.3 is 12.1 Å². The van der Waals surface area contributed by atoms with Gasteiger partial charge in [-0.05, 0) is 5.57 Å². The van der Waals surface area contributed by atoms with Gasteiger partial charge in [-0.3, -0.25) is 0 Å². The molecule has 0 heterocycles. The smallest absolute Gasteiger partial charge is 0.407 e. The van der Waals surface area contributed by atoms with Crippen LogP contribution in [0.2, 0.25) is 0 Å². The van der Waals surface area contributed by atoms with Crippen molar-refractivity contribution in [2.24, 2.45) is 0 Å². The van der Waals surface area contributed by atoms with E-state index in [1.54, 1.807) is 0 Å². The Morgan fingerprint density at radius 2 is 1.93 bits per heavy atom. The van der Waals surface area contributed by atoms with E-state index in [0.29, 0.717) is 5.57 Å². The van der Waals surface area contributed by atoms with Gasteiger partial charge in [-0.25, -0.2) is 9.59 Å². The molecule has 0 saturated carbocycles. The molecule has 14 heavy (non-hydrogen) atoms. The van der Waals surface area contributed by atoms with Crippen molar-refractivity contribution in [1.82, 2.24) is 5.32 Å². The Kier molecular flexibility index (Phi) is 5.06. The maximum absolute atomic E-state index is 11.2. The first-order valence-corrected chi connectivity index (χ1v) is 3.80. The molecule has 0 saturated heterocycles. The van der Waals surface area contributed by atoms with E-state index < -0.39 is 18.1 Å². The molecule has 0 aliphatic carbocycles. The monoisotopic (exact) mass is 199 g/mol. The summed E-state index contributed by atoms with van der Waals surface area (Å²) in [4.78, 5) is 22.0. The van der Waals surface area contributed by atoms with Gasteiger partial charge < -0.3 is 14.8 Å². The van der Waals surface area contributed by atoms with Crippen LogP contribution in [0.15, 0.2) is 24.8 Å². The van der Waals surface area contributed by atoms with Crippen LogP contribution in [0.5, 0.6) is 0 Å². The predicted molar refractivity (Wildman–Crippen MR) is 50.7 cm³/mol. The van der Waals surface area contributed by atoms with E-state index >= 15 is 0 Å². The summed E-state index contributed by atoms with van der Waals surface area (Å²) in [6.07, 6.45) is 0.626. The second kappa shape index (κ2) is 5.80. The number of ether oxygens (including phenoxy) is 2. The van der Waals surface area contributed by atoms with Gasteiger partial charge in [0.05, 0.1) is 14.2 Å². The minimum atomic E-state index is -0.954. The molecule has 0 bridgehead atoms. The van der Waals surface area contributed by atoms with Crippen molar-refractivity contribution < 1.29 is 19.1 Å². The Bertz CT molecular complexity index is 260. The lowest BCUT2D eigenvalue weighted by molar-refractivity contribution is -0.141. The maximum atomic E-state index is 11.2. The highest BCUT2D eigenvalue weighted by Gasteiger charge is 2.23. The highest BCUT2D eigenvalue weighted by Crippen LogP contribution is 2.02. The number of esters is 1. The van der Waals surface area contributed by atoms with Crippen molar-refractivity contribution in [3.8, 4) is 0 Å². The Morgan fingerprint density at radius 3 is 2.29 bits per heavy atom. The van der Waals surface area contributed by atoms with Gasteiger partial charge in [0.25, 0.3) is 0 Å². The molecular weight excluding hydrogens is 186 g/mol. The van der Waals surface area contributed by atoms with Crippen LogP contribution in [0.4, 0.5) is 4.79 Å². The summed E-state index contributed by atoms with van der Waals surface area (Å²) in [5.41, 5.74) is 0.335. The van der Waals surface area contributed by atoms with E-state index in [9.17, 15) is 9.59 Å². The molecule has 0 aliphatic heterocycles. The number of nitrogens with one attached hydrogen (secondary N) is 1. The molecule has 0 aromatic rings. The van der Waals surface area contributed by atoms with E-state index in [4.69, 9.17) is 0 Å². The Balaban J connectivity index is 4.55. The van der Waals surface area contributed by atoms with E-state index in [1.165, 1.54) is 20.3 Å². The molecule has 1 N–H and O–H groups in total. The molecular formula is C9H13NO4. The van der Waals surface area contributed by atoms with Crippen molar-refractivity contribution in [2.45, 2.75) is 6.04 Å². The quantitative estimate of drug-likeness (QED) is 0.532. The molecule has 1 atom stereocenters. The number of methoxy groups -OCH3 is 2. The van der Waals surface area contributed by atoms with Gasteiger partial charge in [-0.15, -0.1) is 0 Å². The standard InChI is InChI=1S/C9H13NO4/c1-5-6(2)7(8(11)13-3)10-9(12)14-4/h5,7H,1-2H2,3-4H3,(H,10,12). The fraction of sp³-hybridized carbons (Fsp3) is 0.333. The summed E-state index contributed by atoms with van der Waals surface area (Å²) < 4.78 is 8.80. The molecule has 0 aromatic carbocycles. The van der Waals surface area contributed by atoms with Crippen molar-refractivity contribution in [3.05, 3.63) is 24.8 Å². The summed E-state index contributed by atoms with van der Waals surface area (Å²) in [6, 6.07) is -0.954. The zero-order valence-corrected chi connectivity index (χ0v) is 8.20. The summed E-state index contributed by atoms with van der Waals surface area (Å²) >= 11 is 0. The minimum Gasteiger partial charge on any atom is -0.467 e. The first-order valence-electron chi connectivity index (χ1n) is 3.80. The number of carbonyl (C=O) groups is 2. The van der Waals surface area contributed by atoms with Gasteiger partial charge in [0, 0.05) is 0 Å². The van der Waals surface area contributed by atoms with Crippen molar-refractivity contribution >= 4 is 12.1 Å². The van der Waals surface area contributed by atoms with E-state index in [-0.39, 0.29) is 0 Å². The molecule has 78 valence electrons. The van der Waals surface area contributed by atoms with Gasteiger partial charge in [0.2, 0.25) is 0 Å². The molecule has 0 rings (SSSR count). The normalized spacial score (nSPS) is 11.0. The Morgan fingerprint density at radius 1 is 1.36 bits per heavy atom. The number of rotatable bonds is 4.